The van der Waals surface area contributed by atoms with Gasteiger partial charge in [-0.25, -0.2) is 0 Å². The summed E-state index contributed by atoms with van der Waals surface area (Å²) in [6.07, 6.45) is 3.79. The maximum absolute atomic E-state index is 11.4. The van der Waals surface area contributed by atoms with Gasteiger partial charge in [-0.2, -0.15) is 0 Å². The van der Waals surface area contributed by atoms with Crippen LogP contribution in [0.5, 0.6) is 0 Å². The molecule has 1 atom stereocenters. The van der Waals surface area contributed by atoms with Gasteiger partial charge in [0.15, 0.2) is 0 Å². The van der Waals surface area contributed by atoms with E-state index in [9.17, 15) is 9.59 Å². The van der Waals surface area contributed by atoms with Gasteiger partial charge in [0.1, 0.15) is 12.2 Å². The second-order valence-electron chi connectivity index (χ2n) is 3.97. The molecule has 0 saturated carbocycles. The molecule has 0 heterocycles. The van der Waals surface area contributed by atoms with Crippen molar-refractivity contribution in [2.45, 2.75) is 52.9 Å². The maximum atomic E-state index is 11.4. The zero-order valence-electron chi connectivity index (χ0n) is 10.0. The SMILES string of the molecule is CCCCC(C)CC(=O)CC(=O)OCC. The lowest BCUT2D eigenvalue weighted by atomic mass is 9.97. The van der Waals surface area contributed by atoms with E-state index in [0.717, 1.165) is 19.3 Å². The van der Waals surface area contributed by atoms with Crippen molar-refractivity contribution in [1.82, 2.24) is 0 Å². The first-order chi connectivity index (χ1) is 7.10. The van der Waals surface area contributed by atoms with E-state index in [0.29, 0.717) is 18.9 Å². The quantitative estimate of drug-likeness (QED) is 0.461. The van der Waals surface area contributed by atoms with E-state index in [1.165, 1.54) is 0 Å². The summed E-state index contributed by atoms with van der Waals surface area (Å²) in [6.45, 7) is 6.27. The van der Waals surface area contributed by atoms with Gasteiger partial charge in [0.25, 0.3) is 0 Å². The van der Waals surface area contributed by atoms with Gasteiger partial charge in [-0.15, -0.1) is 0 Å². The first-order valence-corrected chi connectivity index (χ1v) is 5.77. The van der Waals surface area contributed by atoms with Gasteiger partial charge in [-0.05, 0) is 12.8 Å². The van der Waals surface area contributed by atoms with Crippen molar-refractivity contribution < 1.29 is 14.3 Å². The Bertz CT molecular complexity index is 199. The molecule has 0 rings (SSSR count). The van der Waals surface area contributed by atoms with Crippen LogP contribution in [0, 0.1) is 5.92 Å². The van der Waals surface area contributed by atoms with Crippen LogP contribution in [-0.4, -0.2) is 18.4 Å². The van der Waals surface area contributed by atoms with Gasteiger partial charge in [-0.3, -0.25) is 9.59 Å². The fourth-order valence-electron chi connectivity index (χ4n) is 1.49. The molecule has 0 aromatic heterocycles. The van der Waals surface area contributed by atoms with Crippen LogP contribution in [0.2, 0.25) is 0 Å². The number of unbranched alkanes of at least 4 members (excludes halogenated alkanes) is 1. The number of ether oxygens (including phenoxy) is 1. The Balaban J connectivity index is 3.68. The summed E-state index contributed by atoms with van der Waals surface area (Å²) < 4.78 is 4.72. The number of Topliss-reactive ketones (excluding diaryl/α,β-unsaturated/α-hetero) is 1. The predicted molar refractivity (Wildman–Crippen MR) is 59.6 cm³/mol. The van der Waals surface area contributed by atoms with E-state index < -0.39 is 5.97 Å². The molecule has 0 aliphatic heterocycles. The standard InChI is InChI=1S/C12H22O3/c1-4-6-7-10(3)8-11(13)9-12(14)15-5-2/h10H,4-9H2,1-3H3. The highest BCUT2D eigenvalue weighted by molar-refractivity contribution is 5.95. The molecule has 0 aliphatic rings. The molecule has 0 aromatic rings. The molecule has 3 heteroatoms. The molecule has 0 aliphatic carbocycles. The average Bonchev–Trinajstić information content (AvgIpc) is 2.14. The Morgan fingerprint density at radius 1 is 1.27 bits per heavy atom. The number of esters is 1. The van der Waals surface area contributed by atoms with Gasteiger partial charge < -0.3 is 4.74 Å². The summed E-state index contributed by atoms with van der Waals surface area (Å²) in [5.74, 6) is -0.0193. The molecule has 0 fully saturated rings. The number of hydrogen-bond acceptors (Lipinski definition) is 3. The van der Waals surface area contributed by atoms with Gasteiger partial charge >= 0.3 is 5.97 Å². The summed E-state index contributed by atoms with van der Waals surface area (Å²) in [7, 11) is 0. The summed E-state index contributed by atoms with van der Waals surface area (Å²) in [5.41, 5.74) is 0. The first-order valence-electron chi connectivity index (χ1n) is 5.77. The van der Waals surface area contributed by atoms with Crippen LogP contribution in [0.3, 0.4) is 0 Å². The lowest BCUT2D eigenvalue weighted by Gasteiger charge is -2.09. The third-order valence-electron chi connectivity index (χ3n) is 2.27. The molecule has 0 N–H and O–H groups in total. The van der Waals surface area contributed by atoms with Crippen molar-refractivity contribution in [1.29, 1.82) is 0 Å². The second-order valence-corrected chi connectivity index (χ2v) is 3.97. The van der Waals surface area contributed by atoms with Crippen LogP contribution in [0.25, 0.3) is 0 Å². The minimum atomic E-state index is -0.398. The van der Waals surface area contributed by atoms with Crippen LogP contribution >= 0.6 is 0 Å². The Hall–Kier alpha value is -0.860. The Labute approximate surface area is 92.2 Å². The lowest BCUT2D eigenvalue weighted by molar-refractivity contribution is -0.145. The Kier molecular flexibility index (Phi) is 7.96. The van der Waals surface area contributed by atoms with Gasteiger partial charge in [0, 0.05) is 6.42 Å². The fraction of sp³-hybridized carbons (Fsp3) is 0.833. The van der Waals surface area contributed by atoms with E-state index in [-0.39, 0.29) is 12.2 Å². The molecule has 1 unspecified atom stereocenters. The number of rotatable bonds is 8. The van der Waals surface area contributed by atoms with Gasteiger partial charge in [-0.1, -0.05) is 33.1 Å². The van der Waals surface area contributed by atoms with Crippen molar-refractivity contribution in [3.8, 4) is 0 Å². The minimum absolute atomic E-state index is 0.00273. The summed E-state index contributed by atoms with van der Waals surface area (Å²) in [6, 6.07) is 0. The Morgan fingerprint density at radius 2 is 1.93 bits per heavy atom. The molecule has 88 valence electrons. The van der Waals surface area contributed by atoms with Gasteiger partial charge in [0.2, 0.25) is 0 Å². The summed E-state index contributed by atoms with van der Waals surface area (Å²) in [4.78, 5) is 22.4. The molecule has 3 nitrogen and oxygen atoms in total. The van der Waals surface area contributed by atoms with Crippen molar-refractivity contribution >= 4 is 11.8 Å². The minimum Gasteiger partial charge on any atom is -0.466 e. The molecule has 0 amide bonds. The number of carbonyl (C=O) groups excluding carboxylic acids is 2. The molecule has 0 radical (unpaired) electrons. The predicted octanol–water partition coefficient (Wildman–Crippen LogP) is 2.73. The fourth-order valence-corrected chi connectivity index (χ4v) is 1.49. The molecule has 0 saturated heterocycles. The highest BCUT2D eigenvalue weighted by atomic mass is 16.5. The summed E-state index contributed by atoms with van der Waals surface area (Å²) >= 11 is 0. The third kappa shape index (κ3) is 8.16. The van der Waals surface area contributed by atoms with E-state index in [4.69, 9.17) is 4.74 Å². The normalized spacial score (nSPS) is 12.2. The van der Waals surface area contributed by atoms with Crippen molar-refractivity contribution in [2.75, 3.05) is 6.61 Å². The first kappa shape index (κ1) is 14.1. The molecular formula is C12H22O3. The second kappa shape index (κ2) is 8.45. The summed E-state index contributed by atoms with van der Waals surface area (Å²) in [5, 5.41) is 0. The third-order valence-corrected chi connectivity index (χ3v) is 2.27. The highest BCUT2D eigenvalue weighted by Gasteiger charge is 2.13. The van der Waals surface area contributed by atoms with E-state index in [2.05, 4.69) is 13.8 Å². The number of hydrogen-bond donors (Lipinski definition) is 0. The lowest BCUT2D eigenvalue weighted by Crippen LogP contribution is -2.13. The average molecular weight is 214 g/mol. The van der Waals surface area contributed by atoms with Crippen LogP contribution in [0.4, 0.5) is 0 Å². The van der Waals surface area contributed by atoms with E-state index in [1.54, 1.807) is 6.92 Å². The van der Waals surface area contributed by atoms with Gasteiger partial charge in [0.05, 0.1) is 6.61 Å². The van der Waals surface area contributed by atoms with E-state index >= 15 is 0 Å². The van der Waals surface area contributed by atoms with Crippen molar-refractivity contribution in [2.24, 2.45) is 5.92 Å². The van der Waals surface area contributed by atoms with Crippen LogP contribution in [0.1, 0.15) is 52.9 Å². The monoisotopic (exact) mass is 214 g/mol. The van der Waals surface area contributed by atoms with Crippen molar-refractivity contribution in [3.05, 3.63) is 0 Å². The van der Waals surface area contributed by atoms with Crippen LogP contribution < -0.4 is 0 Å². The zero-order chi connectivity index (χ0) is 11.7. The highest BCUT2D eigenvalue weighted by Crippen LogP contribution is 2.13. The Morgan fingerprint density at radius 3 is 2.47 bits per heavy atom. The number of carbonyl (C=O) groups is 2. The van der Waals surface area contributed by atoms with Crippen LogP contribution in [0.15, 0.2) is 0 Å². The largest absolute Gasteiger partial charge is 0.466 e. The molecule has 0 spiro atoms. The zero-order valence-corrected chi connectivity index (χ0v) is 10.0. The number of ketones is 1. The smallest absolute Gasteiger partial charge is 0.313 e. The van der Waals surface area contributed by atoms with E-state index in [1.807, 2.05) is 0 Å². The topological polar surface area (TPSA) is 43.4 Å². The van der Waals surface area contributed by atoms with Crippen LogP contribution in [-0.2, 0) is 14.3 Å². The molecule has 15 heavy (non-hydrogen) atoms. The molecular weight excluding hydrogens is 192 g/mol. The molecule has 0 aromatic carbocycles. The molecule has 0 bridgehead atoms. The maximum Gasteiger partial charge on any atom is 0.313 e. The van der Waals surface area contributed by atoms with Crippen molar-refractivity contribution in [3.63, 3.8) is 0 Å².